The van der Waals surface area contributed by atoms with Crippen molar-refractivity contribution in [2.45, 2.75) is 32.7 Å². The monoisotopic (exact) mass is 165 g/mol. The second kappa shape index (κ2) is 2.79. The maximum absolute atomic E-state index is 2.42. The van der Waals surface area contributed by atoms with Gasteiger partial charge in [0.05, 0.1) is 0 Å². The van der Waals surface area contributed by atoms with Crippen molar-refractivity contribution in [2.75, 3.05) is 7.05 Å². The van der Waals surface area contributed by atoms with Crippen LogP contribution in [0.3, 0.4) is 0 Å². The van der Waals surface area contributed by atoms with E-state index in [1.807, 2.05) is 0 Å². The predicted octanol–water partition coefficient (Wildman–Crippen LogP) is 2.50. The van der Waals surface area contributed by atoms with E-state index in [1.165, 1.54) is 12.8 Å². The summed E-state index contributed by atoms with van der Waals surface area (Å²) >= 11 is 0. The van der Waals surface area contributed by atoms with E-state index < -0.39 is 0 Å². The number of hydrogen-bond acceptors (Lipinski definition) is 1. The molecule has 0 N–H and O–H groups in total. The average Bonchev–Trinajstić information content (AvgIpc) is 2.41. The van der Waals surface area contributed by atoms with Gasteiger partial charge in [0.2, 0.25) is 0 Å². The van der Waals surface area contributed by atoms with Gasteiger partial charge >= 0.3 is 0 Å². The van der Waals surface area contributed by atoms with Crippen molar-refractivity contribution in [1.29, 1.82) is 0 Å². The van der Waals surface area contributed by atoms with E-state index in [0.717, 1.165) is 23.8 Å². The van der Waals surface area contributed by atoms with Gasteiger partial charge in [0.1, 0.15) is 0 Å². The second-order valence-corrected chi connectivity index (χ2v) is 4.54. The van der Waals surface area contributed by atoms with Crippen molar-refractivity contribution in [3.8, 4) is 0 Å². The fraction of sp³-hybridized carbons (Fsp3) is 0.818. The smallest absolute Gasteiger partial charge is 0.0286 e. The summed E-state index contributed by atoms with van der Waals surface area (Å²) in [4.78, 5) is 2.36. The molecule has 12 heavy (non-hydrogen) atoms. The number of nitrogens with zero attached hydrogens (tertiary/aromatic N) is 1. The van der Waals surface area contributed by atoms with Crippen LogP contribution in [0.25, 0.3) is 0 Å². The van der Waals surface area contributed by atoms with Gasteiger partial charge in [-0.3, -0.25) is 0 Å². The Hall–Kier alpha value is -0.460. The fourth-order valence-corrected chi connectivity index (χ4v) is 2.83. The van der Waals surface area contributed by atoms with Gasteiger partial charge in [-0.1, -0.05) is 13.0 Å². The first-order valence-electron chi connectivity index (χ1n) is 5.10. The number of hydrogen-bond donors (Lipinski definition) is 0. The Kier molecular flexibility index (Phi) is 1.90. The molecule has 0 radical (unpaired) electrons. The van der Waals surface area contributed by atoms with Gasteiger partial charge in [0, 0.05) is 13.1 Å². The van der Waals surface area contributed by atoms with Crippen LogP contribution >= 0.6 is 0 Å². The van der Waals surface area contributed by atoms with Crippen LogP contribution in [0.15, 0.2) is 12.3 Å². The first-order valence-corrected chi connectivity index (χ1v) is 5.10. The maximum Gasteiger partial charge on any atom is 0.0286 e. The highest BCUT2D eigenvalue weighted by Gasteiger charge is 2.37. The summed E-state index contributed by atoms with van der Waals surface area (Å²) in [5.41, 5.74) is 0. The van der Waals surface area contributed by atoms with Crippen molar-refractivity contribution in [3.63, 3.8) is 0 Å². The van der Waals surface area contributed by atoms with Gasteiger partial charge in [-0.05, 0) is 43.7 Å². The Balaban J connectivity index is 2.20. The summed E-state index contributed by atoms with van der Waals surface area (Å²) < 4.78 is 0. The lowest BCUT2D eigenvalue weighted by molar-refractivity contribution is 0.196. The summed E-state index contributed by atoms with van der Waals surface area (Å²) in [6.45, 7) is 4.76. The molecule has 0 amide bonds. The molecule has 1 heteroatoms. The zero-order valence-electron chi connectivity index (χ0n) is 8.33. The molecule has 0 aromatic rings. The molecule has 1 fully saturated rings. The standard InChI is InChI=1S/C11H19N/c1-8-4-5-11-9(2)12(3)7-6-10(8)11/h6-11H,4-5H2,1-3H3. The lowest BCUT2D eigenvalue weighted by Crippen LogP contribution is -2.37. The van der Waals surface area contributed by atoms with Crippen LogP contribution in [-0.4, -0.2) is 18.0 Å². The molecule has 2 aliphatic rings. The summed E-state index contributed by atoms with van der Waals surface area (Å²) in [5.74, 6) is 2.72. The molecule has 0 spiro atoms. The zero-order valence-corrected chi connectivity index (χ0v) is 8.33. The Morgan fingerprint density at radius 2 is 2.00 bits per heavy atom. The van der Waals surface area contributed by atoms with E-state index in [0.29, 0.717) is 0 Å². The van der Waals surface area contributed by atoms with Gasteiger partial charge < -0.3 is 4.90 Å². The minimum atomic E-state index is 0.755. The third-order valence-corrected chi connectivity index (χ3v) is 3.91. The molecule has 0 aromatic heterocycles. The molecule has 4 unspecified atom stereocenters. The maximum atomic E-state index is 2.42. The molecule has 1 nitrogen and oxygen atoms in total. The van der Waals surface area contributed by atoms with Crippen LogP contribution in [0.5, 0.6) is 0 Å². The van der Waals surface area contributed by atoms with Gasteiger partial charge in [-0.15, -0.1) is 0 Å². The van der Waals surface area contributed by atoms with Crippen LogP contribution in [0, 0.1) is 17.8 Å². The molecule has 1 aliphatic carbocycles. The normalized spacial score (nSPS) is 46.4. The van der Waals surface area contributed by atoms with Gasteiger partial charge in [-0.25, -0.2) is 0 Å². The minimum Gasteiger partial charge on any atom is -0.378 e. The van der Waals surface area contributed by atoms with E-state index in [2.05, 4.69) is 38.1 Å². The molecule has 0 bridgehead atoms. The lowest BCUT2D eigenvalue weighted by Gasteiger charge is -2.36. The highest BCUT2D eigenvalue weighted by molar-refractivity contribution is 5.05. The third kappa shape index (κ3) is 1.07. The Morgan fingerprint density at radius 3 is 2.75 bits per heavy atom. The third-order valence-electron chi connectivity index (χ3n) is 3.91. The highest BCUT2D eigenvalue weighted by Crippen LogP contribution is 2.42. The van der Waals surface area contributed by atoms with E-state index in [-0.39, 0.29) is 0 Å². The van der Waals surface area contributed by atoms with E-state index in [4.69, 9.17) is 0 Å². The van der Waals surface area contributed by atoms with Gasteiger partial charge in [-0.2, -0.15) is 0 Å². The molecule has 4 atom stereocenters. The average molecular weight is 165 g/mol. The van der Waals surface area contributed by atoms with E-state index in [9.17, 15) is 0 Å². The predicted molar refractivity (Wildman–Crippen MR) is 51.7 cm³/mol. The quantitative estimate of drug-likeness (QED) is 0.533. The number of fused-ring (bicyclic) bond motifs is 1. The lowest BCUT2D eigenvalue weighted by atomic mass is 9.83. The molecule has 1 aliphatic heterocycles. The van der Waals surface area contributed by atoms with Gasteiger partial charge in [0.25, 0.3) is 0 Å². The van der Waals surface area contributed by atoms with E-state index in [1.54, 1.807) is 0 Å². The van der Waals surface area contributed by atoms with Crippen molar-refractivity contribution in [1.82, 2.24) is 4.90 Å². The Labute approximate surface area is 75.4 Å². The Morgan fingerprint density at radius 1 is 1.25 bits per heavy atom. The second-order valence-electron chi connectivity index (χ2n) is 4.54. The summed E-state index contributed by atoms with van der Waals surface area (Å²) in [7, 11) is 2.19. The summed E-state index contributed by atoms with van der Waals surface area (Å²) in [6, 6.07) is 0.755. The van der Waals surface area contributed by atoms with Crippen LogP contribution < -0.4 is 0 Å². The molecule has 1 heterocycles. The highest BCUT2D eigenvalue weighted by atomic mass is 15.1. The first-order chi connectivity index (χ1) is 5.70. The minimum absolute atomic E-state index is 0.755. The molecule has 2 rings (SSSR count). The molecule has 68 valence electrons. The van der Waals surface area contributed by atoms with Crippen LogP contribution in [-0.2, 0) is 0 Å². The van der Waals surface area contributed by atoms with Crippen molar-refractivity contribution >= 4 is 0 Å². The van der Waals surface area contributed by atoms with E-state index >= 15 is 0 Å². The van der Waals surface area contributed by atoms with Crippen molar-refractivity contribution < 1.29 is 0 Å². The number of allylic oxidation sites excluding steroid dienone is 1. The molecular weight excluding hydrogens is 146 g/mol. The summed E-state index contributed by atoms with van der Waals surface area (Å²) in [5, 5.41) is 0. The molecule has 0 aromatic carbocycles. The Bertz CT molecular complexity index is 197. The summed E-state index contributed by atoms with van der Waals surface area (Å²) in [6.07, 6.45) is 7.55. The van der Waals surface area contributed by atoms with Crippen LogP contribution in [0.1, 0.15) is 26.7 Å². The van der Waals surface area contributed by atoms with Crippen molar-refractivity contribution in [3.05, 3.63) is 12.3 Å². The topological polar surface area (TPSA) is 3.24 Å². The molecule has 1 saturated carbocycles. The largest absolute Gasteiger partial charge is 0.378 e. The van der Waals surface area contributed by atoms with Crippen LogP contribution in [0.4, 0.5) is 0 Å². The zero-order chi connectivity index (χ0) is 8.72. The van der Waals surface area contributed by atoms with Crippen molar-refractivity contribution in [2.24, 2.45) is 17.8 Å². The first kappa shape index (κ1) is 8.15. The SMILES string of the molecule is CC1CCC2C1C=CN(C)C2C. The molecule has 0 saturated heterocycles. The fourth-order valence-electron chi connectivity index (χ4n) is 2.83. The van der Waals surface area contributed by atoms with Gasteiger partial charge in [0.15, 0.2) is 0 Å². The van der Waals surface area contributed by atoms with Crippen LogP contribution in [0.2, 0.25) is 0 Å². The number of rotatable bonds is 0. The molecular formula is C11H19N.